The van der Waals surface area contributed by atoms with Crippen LogP contribution in [0.25, 0.3) is 0 Å². The number of benzene rings is 2. The summed E-state index contributed by atoms with van der Waals surface area (Å²) in [5, 5.41) is 14.1. The highest BCUT2D eigenvalue weighted by Crippen LogP contribution is 2.30. The van der Waals surface area contributed by atoms with Crippen LogP contribution < -0.4 is 15.8 Å². The molecule has 1 heterocycles. The predicted molar refractivity (Wildman–Crippen MR) is 106 cm³/mol. The summed E-state index contributed by atoms with van der Waals surface area (Å²) in [6.45, 7) is 2.64. The van der Waals surface area contributed by atoms with Crippen molar-refractivity contribution in [3.63, 3.8) is 0 Å². The number of piperidine rings is 1. The van der Waals surface area contributed by atoms with Gasteiger partial charge in [0, 0.05) is 37.8 Å². The summed E-state index contributed by atoms with van der Waals surface area (Å²) >= 11 is 0. The van der Waals surface area contributed by atoms with Gasteiger partial charge < -0.3 is 15.8 Å². The SMILES string of the molecule is COc1cc(N)c([N+](=O)[O-])cc1C(=O)NC1CCN(Cc2ccccc2)CC1. The van der Waals surface area contributed by atoms with Crippen LogP contribution in [0.5, 0.6) is 5.75 Å². The van der Waals surface area contributed by atoms with E-state index in [1.807, 2.05) is 18.2 Å². The van der Waals surface area contributed by atoms with Crippen LogP contribution >= 0.6 is 0 Å². The van der Waals surface area contributed by atoms with Crippen LogP contribution in [0.2, 0.25) is 0 Å². The number of methoxy groups -OCH3 is 1. The van der Waals surface area contributed by atoms with Gasteiger partial charge in [-0.2, -0.15) is 0 Å². The number of anilines is 1. The van der Waals surface area contributed by atoms with Crippen molar-refractivity contribution in [1.82, 2.24) is 10.2 Å². The lowest BCUT2D eigenvalue weighted by Gasteiger charge is -2.32. The van der Waals surface area contributed by atoms with E-state index >= 15 is 0 Å². The minimum absolute atomic E-state index is 0.0147. The number of carbonyl (C=O) groups excluding carboxylic acids is 1. The Kier molecular flexibility index (Phi) is 6.10. The molecule has 28 heavy (non-hydrogen) atoms. The van der Waals surface area contributed by atoms with Crippen molar-refractivity contribution in [3.8, 4) is 5.75 Å². The molecule has 2 aromatic rings. The van der Waals surface area contributed by atoms with Gasteiger partial charge in [0.25, 0.3) is 11.6 Å². The second-order valence-corrected chi connectivity index (χ2v) is 6.88. The monoisotopic (exact) mass is 384 g/mol. The van der Waals surface area contributed by atoms with E-state index in [4.69, 9.17) is 10.5 Å². The number of nitrogens with two attached hydrogens (primary N) is 1. The summed E-state index contributed by atoms with van der Waals surface area (Å²) in [7, 11) is 1.40. The van der Waals surface area contributed by atoms with Crippen LogP contribution in [0.3, 0.4) is 0 Å². The molecular weight excluding hydrogens is 360 g/mol. The maximum absolute atomic E-state index is 12.7. The molecule has 1 amide bonds. The van der Waals surface area contributed by atoms with Crippen molar-refractivity contribution in [2.45, 2.75) is 25.4 Å². The summed E-state index contributed by atoms with van der Waals surface area (Å²) < 4.78 is 5.18. The number of hydrogen-bond acceptors (Lipinski definition) is 6. The first-order chi connectivity index (χ1) is 13.5. The Morgan fingerprint density at radius 3 is 2.57 bits per heavy atom. The molecule has 0 bridgehead atoms. The Hall–Kier alpha value is -3.13. The fourth-order valence-electron chi connectivity index (χ4n) is 3.43. The minimum atomic E-state index is -0.604. The first-order valence-corrected chi connectivity index (χ1v) is 9.17. The van der Waals surface area contributed by atoms with Crippen LogP contribution in [0, 0.1) is 10.1 Å². The molecule has 0 atom stereocenters. The normalized spacial score (nSPS) is 15.2. The number of likely N-dealkylation sites (tertiary alicyclic amines) is 1. The summed E-state index contributed by atoms with van der Waals surface area (Å²) in [6.07, 6.45) is 1.63. The molecule has 1 aliphatic heterocycles. The third-order valence-corrected chi connectivity index (χ3v) is 4.96. The van der Waals surface area contributed by atoms with E-state index in [9.17, 15) is 14.9 Å². The van der Waals surface area contributed by atoms with Gasteiger partial charge in [-0.25, -0.2) is 0 Å². The van der Waals surface area contributed by atoms with Crippen molar-refractivity contribution >= 4 is 17.3 Å². The molecule has 148 valence electrons. The molecule has 0 saturated carbocycles. The molecule has 1 fully saturated rings. The Balaban J connectivity index is 1.61. The second-order valence-electron chi connectivity index (χ2n) is 6.88. The van der Waals surface area contributed by atoms with E-state index in [-0.39, 0.29) is 34.6 Å². The van der Waals surface area contributed by atoms with Gasteiger partial charge >= 0.3 is 0 Å². The number of carbonyl (C=O) groups is 1. The van der Waals surface area contributed by atoms with Gasteiger partial charge in [0.1, 0.15) is 11.4 Å². The van der Waals surface area contributed by atoms with Crippen LogP contribution in [-0.4, -0.2) is 42.0 Å². The van der Waals surface area contributed by atoms with Crippen LogP contribution in [0.4, 0.5) is 11.4 Å². The molecule has 0 radical (unpaired) electrons. The molecule has 8 heteroatoms. The van der Waals surface area contributed by atoms with Gasteiger partial charge in [-0.15, -0.1) is 0 Å². The third-order valence-electron chi connectivity index (χ3n) is 4.96. The van der Waals surface area contributed by atoms with E-state index in [2.05, 4.69) is 22.3 Å². The Morgan fingerprint density at radius 1 is 1.29 bits per heavy atom. The first kappa shape index (κ1) is 19.6. The summed E-state index contributed by atoms with van der Waals surface area (Å²) in [5.74, 6) is -0.163. The molecule has 0 spiro atoms. The van der Waals surface area contributed by atoms with Crippen molar-refractivity contribution in [1.29, 1.82) is 0 Å². The van der Waals surface area contributed by atoms with Crippen LogP contribution in [-0.2, 0) is 6.54 Å². The number of nitrogens with one attached hydrogen (secondary N) is 1. The molecular formula is C20H24N4O4. The fraction of sp³-hybridized carbons (Fsp3) is 0.350. The maximum Gasteiger partial charge on any atom is 0.293 e. The summed E-state index contributed by atoms with van der Waals surface area (Å²) in [5.41, 5.74) is 6.72. The second kappa shape index (κ2) is 8.71. The largest absolute Gasteiger partial charge is 0.496 e. The van der Waals surface area contributed by atoms with E-state index < -0.39 is 4.92 Å². The maximum atomic E-state index is 12.7. The average Bonchev–Trinajstić information content (AvgIpc) is 2.69. The minimum Gasteiger partial charge on any atom is -0.496 e. The molecule has 0 unspecified atom stereocenters. The lowest BCUT2D eigenvalue weighted by atomic mass is 10.0. The van der Waals surface area contributed by atoms with E-state index in [1.165, 1.54) is 24.8 Å². The molecule has 0 aliphatic carbocycles. The molecule has 3 rings (SSSR count). The molecule has 0 aromatic heterocycles. The first-order valence-electron chi connectivity index (χ1n) is 9.17. The topological polar surface area (TPSA) is 111 Å². The number of nitro benzene ring substituents is 1. The van der Waals surface area contributed by atoms with Crippen molar-refractivity contribution in [2.75, 3.05) is 25.9 Å². The molecule has 2 aromatic carbocycles. The van der Waals surface area contributed by atoms with Crippen LogP contribution in [0.1, 0.15) is 28.8 Å². The molecule has 3 N–H and O–H groups in total. The Bertz CT molecular complexity index is 849. The quantitative estimate of drug-likeness (QED) is 0.450. The van der Waals surface area contributed by atoms with Crippen molar-refractivity contribution < 1.29 is 14.5 Å². The molecule has 1 aliphatic rings. The Labute approximate surface area is 163 Å². The zero-order valence-corrected chi connectivity index (χ0v) is 15.8. The van der Waals surface area contributed by atoms with E-state index in [1.54, 1.807) is 0 Å². The average molecular weight is 384 g/mol. The summed E-state index contributed by atoms with van der Waals surface area (Å²) in [6, 6.07) is 12.8. The van der Waals surface area contributed by atoms with Crippen LogP contribution in [0.15, 0.2) is 42.5 Å². The van der Waals surface area contributed by atoms with E-state index in [0.717, 1.165) is 32.5 Å². The van der Waals surface area contributed by atoms with Gasteiger partial charge in [-0.3, -0.25) is 19.8 Å². The van der Waals surface area contributed by atoms with Gasteiger partial charge in [0.2, 0.25) is 0 Å². The highest BCUT2D eigenvalue weighted by atomic mass is 16.6. The lowest BCUT2D eigenvalue weighted by molar-refractivity contribution is -0.383. The highest BCUT2D eigenvalue weighted by molar-refractivity contribution is 5.98. The number of hydrogen-bond donors (Lipinski definition) is 2. The molecule has 8 nitrogen and oxygen atoms in total. The standard InChI is InChI=1S/C20H24N4O4/c1-28-19-12-17(21)18(24(26)27)11-16(19)20(25)22-15-7-9-23(10-8-15)13-14-5-3-2-4-6-14/h2-6,11-12,15H,7-10,13,21H2,1H3,(H,22,25). The number of rotatable bonds is 6. The molecule has 1 saturated heterocycles. The third kappa shape index (κ3) is 4.58. The van der Waals surface area contributed by atoms with Gasteiger partial charge in [-0.05, 0) is 18.4 Å². The number of nitrogens with zero attached hydrogens (tertiary/aromatic N) is 2. The smallest absolute Gasteiger partial charge is 0.293 e. The lowest BCUT2D eigenvalue weighted by Crippen LogP contribution is -2.44. The predicted octanol–water partition coefficient (Wildman–Crippen LogP) is 2.58. The zero-order valence-electron chi connectivity index (χ0n) is 15.8. The van der Waals surface area contributed by atoms with Gasteiger partial charge in [0.05, 0.1) is 17.6 Å². The highest BCUT2D eigenvalue weighted by Gasteiger charge is 2.25. The Morgan fingerprint density at radius 2 is 1.96 bits per heavy atom. The van der Waals surface area contributed by atoms with Crippen molar-refractivity contribution in [2.24, 2.45) is 0 Å². The number of ether oxygens (including phenoxy) is 1. The summed E-state index contributed by atoms with van der Waals surface area (Å²) in [4.78, 5) is 25.6. The van der Waals surface area contributed by atoms with E-state index in [0.29, 0.717) is 0 Å². The van der Waals surface area contributed by atoms with Gasteiger partial charge in [-0.1, -0.05) is 30.3 Å². The zero-order chi connectivity index (χ0) is 20.1. The van der Waals surface area contributed by atoms with Gasteiger partial charge in [0.15, 0.2) is 0 Å². The number of nitro groups is 1. The van der Waals surface area contributed by atoms with Crippen molar-refractivity contribution in [3.05, 3.63) is 63.7 Å². The number of amides is 1. The fourth-order valence-corrected chi connectivity index (χ4v) is 3.43. The number of nitrogen functional groups attached to an aromatic ring is 1.